The zero-order chi connectivity index (χ0) is 16.1. The molecule has 0 spiro atoms. The van der Waals surface area contributed by atoms with Gasteiger partial charge in [0.05, 0.1) is 40.4 Å². The zero-order valence-corrected chi connectivity index (χ0v) is 14.2. The summed E-state index contributed by atoms with van der Waals surface area (Å²) in [6, 6.07) is 6.40. The lowest BCUT2D eigenvalue weighted by Gasteiger charge is -2.35. The number of benzene rings is 1. The van der Waals surface area contributed by atoms with Crippen molar-refractivity contribution in [2.75, 3.05) is 46.3 Å². The van der Waals surface area contributed by atoms with Crippen molar-refractivity contribution in [1.82, 2.24) is 4.90 Å². The van der Waals surface area contributed by atoms with Gasteiger partial charge < -0.3 is 19.3 Å². The standard InChI is InChI=1S/C16H23ClN2O3/c1-12(13-4-5-14(21-2)15(10-13)22-3)18-6-8-19(9-7-18)16(20)11-17/h4-5,10,12H,6-9,11H2,1-3H3/p+1/t12-/m1/s1. The molecule has 0 saturated carbocycles. The average Bonchev–Trinajstić information content (AvgIpc) is 2.59. The van der Waals surface area contributed by atoms with Gasteiger partial charge in [0.2, 0.25) is 5.91 Å². The number of carbonyl (C=O) groups excluding carboxylic acids is 1. The summed E-state index contributed by atoms with van der Waals surface area (Å²) in [7, 11) is 3.29. The number of halogens is 1. The Hall–Kier alpha value is -1.46. The molecule has 0 bridgehead atoms. The van der Waals surface area contributed by atoms with Gasteiger partial charge in [0.1, 0.15) is 11.9 Å². The van der Waals surface area contributed by atoms with Gasteiger partial charge in [-0.3, -0.25) is 4.79 Å². The molecule has 122 valence electrons. The molecule has 1 aliphatic heterocycles. The molecule has 1 saturated heterocycles. The van der Waals surface area contributed by atoms with Crippen LogP contribution in [0.3, 0.4) is 0 Å². The number of alkyl halides is 1. The first-order valence-corrected chi connectivity index (χ1v) is 8.04. The molecule has 1 amide bonds. The first-order chi connectivity index (χ1) is 10.6. The minimum atomic E-state index is 0.0273. The van der Waals surface area contributed by atoms with Gasteiger partial charge in [-0.05, 0) is 25.1 Å². The highest BCUT2D eigenvalue weighted by Crippen LogP contribution is 2.29. The molecule has 1 aliphatic rings. The van der Waals surface area contributed by atoms with Crippen LogP contribution in [0.25, 0.3) is 0 Å². The monoisotopic (exact) mass is 327 g/mol. The van der Waals surface area contributed by atoms with Crippen LogP contribution in [-0.2, 0) is 4.79 Å². The van der Waals surface area contributed by atoms with Crippen molar-refractivity contribution < 1.29 is 19.2 Å². The van der Waals surface area contributed by atoms with Gasteiger partial charge in [0, 0.05) is 5.56 Å². The number of methoxy groups -OCH3 is 2. The second-order valence-corrected chi connectivity index (χ2v) is 5.78. The molecular weight excluding hydrogens is 304 g/mol. The molecule has 5 nitrogen and oxygen atoms in total. The molecular formula is C16H24ClN2O3+. The third kappa shape index (κ3) is 3.65. The molecule has 1 N–H and O–H groups in total. The molecule has 1 aromatic rings. The van der Waals surface area contributed by atoms with Gasteiger partial charge in [-0.25, -0.2) is 0 Å². The molecule has 0 unspecified atom stereocenters. The van der Waals surface area contributed by atoms with E-state index in [4.69, 9.17) is 21.1 Å². The van der Waals surface area contributed by atoms with E-state index in [2.05, 4.69) is 13.0 Å². The highest BCUT2D eigenvalue weighted by Gasteiger charge is 2.27. The van der Waals surface area contributed by atoms with E-state index < -0.39 is 0 Å². The van der Waals surface area contributed by atoms with Crippen molar-refractivity contribution in [3.63, 3.8) is 0 Å². The minimum absolute atomic E-state index is 0.0273. The summed E-state index contributed by atoms with van der Waals surface area (Å²) in [5.74, 6) is 1.59. The van der Waals surface area contributed by atoms with E-state index in [-0.39, 0.29) is 11.8 Å². The second-order valence-electron chi connectivity index (χ2n) is 5.51. The maximum absolute atomic E-state index is 11.6. The van der Waals surface area contributed by atoms with Gasteiger partial charge in [0.25, 0.3) is 0 Å². The average molecular weight is 328 g/mol. The van der Waals surface area contributed by atoms with Gasteiger partial charge in [0.15, 0.2) is 11.5 Å². The Morgan fingerprint density at radius 1 is 1.27 bits per heavy atom. The second kappa shape index (κ2) is 7.70. The molecule has 0 radical (unpaired) electrons. The first-order valence-electron chi connectivity index (χ1n) is 7.51. The van der Waals surface area contributed by atoms with Crippen molar-refractivity contribution in [2.24, 2.45) is 0 Å². The number of nitrogens with one attached hydrogen (secondary N) is 1. The minimum Gasteiger partial charge on any atom is -0.493 e. The highest BCUT2D eigenvalue weighted by atomic mass is 35.5. The quantitative estimate of drug-likeness (QED) is 0.811. The van der Waals surface area contributed by atoms with Crippen LogP contribution in [0.15, 0.2) is 18.2 Å². The normalized spacial score (nSPS) is 17.2. The number of hydrogen-bond acceptors (Lipinski definition) is 3. The Kier molecular flexibility index (Phi) is 5.91. The van der Waals surface area contributed by atoms with Gasteiger partial charge >= 0.3 is 0 Å². The number of nitrogens with zero attached hydrogens (tertiary/aromatic N) is 1. The van der Waals surface area contributed by atoms with E-state index in [1.165, 1.54) is 10.5 Å². The van der Waals surface area contributed by atoms with E-state index in [0.29, 0.717) is 6.04 Å². The summed E-state index contributed by atoms with van der Waals surface area (Å²) in [6.07, 6.45) is 0. The Balaban J connectivity index is 2.03. The van der Waals surface area contributed by atoms with Crippen LogP contribution >= 0.6 is 11.6 Å². The van der Waals surface area contributed by atoms with Crippen molar-refractivity contribution >= 4 is 17.5 Å². The fraction of sp³-hybridized carbons (Fsp3) is 0.562. The number of rotatable bonds is 5. The molecule has 1 atom stereocenters. The summed E-state index contributed by atoms with van der Waals surface area (Å²) < 4.78 is 10.7. The van der Waals surface area contributed by atoms with Gasteiger partial charge in [-0.2, -0.15) is 0 Å². The number of ether oxygens (including phenoxy) is 2. The maximum atomic E-state index is 11.6. The predicted molar refractivity (Wildman–Crippen MR) is 86.0 cm³/mol. The highest BCUT2D eigenvalue weighted by molar-refractivity contribution is 6.27. The van der Waals surface area contributed by atoms with E-state index in [0.717, 1.165) is 37.7 Å². The van der Waals surface area contributed by atoms with Crippen LogP contribution in [0.1, 0.15) is 18.5 Å². The summed E-state index contributed by atoms with van der Waals surface area (Å²) >= 11 is 5.62. The summed E-state index contributed by atoms with van der Waals surface area (Å²) in [6.45, 7) is 5.59. The molecule has 1 aromatic carbocycles. The van der Waals surface area contributed by atoms with Crippen LogP contribution in [0.4, 0.5) is 0 Å². The third-order valence-electron chi connectivity index (χ3n) is 4.39. The molecule has 0 aromatic heterocycles. The number of amides is 1. The molecule has 22 heavy (non-hydrogen) atoms. The van der Waals surface area contributed by atoms with Crippen molar-refractivity contribution in [3.05, 3.63) is 23.8 Å². The summed E-state index contributed by atoms with van der Waals surface area (Å²) in [4.78, 5) is 14.9. The van der Waals surface area contributed by atoms with E-state index in [9.17, 15) is 4.79 Å². The van der Waals surface area contributed by atoms with Crippen molar-refractivity contribution in [1.29, 1.82) is 0 Å². The lowest BCUT2D eigenvalue weighted by molar-refractivity contribution is -0.933. The number of hydrogen-bond donors (Lipinski definition) is 1. The number of quaternary nitrogens is 1. The molecule has 0 aliphatic carbocycles. The summed E-state index contributed by atoms with van der Waals surface area (Å²) in [5, 5.41) is 0. The SMILES string of the molecule is COc1ccc([C@@H](C)[NH+]2CCN(C(=O)CCl)CC2)cc1OC. The van der Waals surface area contributed by atoms with Crippen LogP contribution < -0.4 is 14.4 Å². The van der Waals surface area contributed by atoms with Gasteiger partial charge in [-0.15, -0.1) is 11.6 Å². The molecule has 2 rings (SSSR count). The van der Waals surface area contributed by atoms with Crippen LogP contribution in [0, 0.1) is 0 Å². The smallest absolute Gasteiger partial charge is 0.237 e. The van der Waals surface area contributed by atoms with Crippen LogP contribution in [-0.4, -0.2) is 57.1 Å². The van der Waals surface area contributed by atoms with E-state index in [1.807, 2.05) is 17.0 Å². The Labute approximate surface area is 136 Å². The predicted octanol–water partition coefficient (Wildman–Crippen LogP) is 0.731. The lowest BCUT2D eigenvalue weighted by atomic mass is 10.1. The molecule has 1 heterocycles. The van der Waals surface area contributed by atoms with Crippen molar-refractivity contribution in [2.45, 2.75) is 13.0 Å². The van der Waals surface area contributed by atoms with Gasteiger partial charge in [-0.1, -0.05) is 0 Å². The Morgan fingerprint density at radius 3 is 2.45 bits per heavy atom. The molecule has 6 heteroatoms. The third-order valence-corrected chi connectivity index (χ3v) is 4.62. The summed E-state index contributed by atoms with van der Waals surface area (Å²) in [5.41, 5.74) is 1.21. The van der Waals surface area contributed by atoms with Crippen LogP contribution in [0.5, 0.6) is 11.5 Å². The lowest BCUT2D eigenvalue weighted by Crippen LogP contribution is -3.14. The fourth-order valence-corrected chi connectivity index (χ4v) is 3.09. The Morgan fingerprint density at radius 2 is 1.91 bits per heavy atom. The number of carbonyl (C=O) groups is 1. The number of piperazine rings is 1. The van der Waals surface area contributed by atoms with Crippen molar-refractivity contribution in [3.8, 4) is 11.5 Å². The largest absolute Gasteiger partial charge is 0.493 e. The van der Waals surface area contributed by atoms with E-state index in [1.54, 1.807) is 14.2 Å². The van der Waals surface area contributed by atoms with E-state index >= 15 is 0 Å². The zero-order valence-electron chi connectivity index (χ0n) is 13.4. The first kappa shape index (κ1) is 16.9. The maximum Gasteiger partial charge on any atom is 0.237 e. The topological polar surface area (TPSA) is 43.2 Å². The fourth-order valence-electron chi connectivity index (χ4n) is 2.92. The Bertz CT molecular complexity index is 516. The van der Waals surface area contributed by atoms with Crippen LogP contribution in [0.2, 0.25) is 0 Å². The molecule has 1 fully saturated rings.